The number of hydrazine groups is 1. The number of amides is 1. The lowest BCUT2D eigenvalue weighted by molar-refractivity contribution is -0.879. The van der Waals surface area contributed by atoms with Gasteiger partial charge in [0.25, 0.3) is 11.5 Å². The quantitative estimate of drug-likeness (QED) is 0.345. The van der Waals surface area contributed by atoms with Gasteiger partial charge >= 0.3 is 0 Å². The van der Waals surface area contributed by atoms with Crippen molar-refractivity contribution in [2.45, 2.75) is 18.9 Å². The van der Waals surface area contributed by atoms with Crippen molar-refractivity contribution in [2.75, 3.05) is 26.7 Å². The molecule has 4 aromatic rings. The van der Waals surface area contributed by atoms with E-state index in [1.54, 1.807) is 18.2 Å². The van der Waals surface area contributed by atoms with Crippen LogP contribution in [-0.4, -0.2) is 42.6 Å². The van der Waals surface area contributed by atoms with Crippen LogP contribution in [0.25, 0.3) is 27.7 Å². The van der Waals surface area contributed by atoms with Gasteiger partial charge in [0.2, 0.25) is 0 Å². The Balaban J connectivity index is 1.53. The van der Waals surface area contributed by atoms with E-state index in [1.165, 1.54) is 4.90 Å². The molecular weight excluding hydrogens is 512 g/mol. The Bertz CT molecular complexity index is 1630. The third-order valence-electron chi connectivity index (χ3n) is 7.59. The number of fused-ring (bicyclic) bond motifs is 1. The summed E-state index contributed by atoms with van der Waals surface area (Å²) < 4.78 is 5.67. The Morgan fingerprint density at radius 2 is 1.77 bits per heavy atom. The summed E-state index contributed by atoms with van der Waals surface area (Å²) in [5, 5.41) is 3.05. The first-order chi connectivity index (χ1) is 19.0. The summed E-state index contributed by atoms with van der Waals surface area (Å²) in [7, 11) is 1.62. The van der Waals surface area contributed by atoms with Gasteiger partial charge in [0, 0.05) is 39.9 Å². The molecule has 0 saturated carbocycles. The number of halogens is 1. The molecule has 2 aliphatic rings. The lowest BCUT2D eigenvalue weighted by atomic mass is 9.94. The standard InChI is InChI=1S/C31H29ClN4O3/c1-39-27-12-6-5-11-22(27)26-18-25(34-36(26)28(37)19-35-15-7-8-16-35)30-29(20-9-3-2-4-10-20)23-17-21(32)13-14-24(23)33-31(30)38/h2-6,9-14,17-18,26,34H,7-8,15-16,19H2,1H3,(H,33,38)/p+1/t26-/m1/s1. The minimum absolute atomic E-state index is 0.0319. The maximum absolute atomic E-state index is 13.7. The van der Waals surface area contributed by atoms with Gasteiger partial charge in [0.05, 0.1) is 31.5 Å². The molecular formula is C31H30ClN4O3+. The highest BCUT2D eigenvalue weighted by atomic mass is 35.5. The van der Waals surface area contributed by atoms with Gasteiger partial charge in [-0.05, 0) is 35.9 Å². The van der Waals surface area contributed by atoms with E-state index in [0.29, 0.717) is 34.1 Å². The highest BCUT2D eigenvalue weighted by Gasteiger charge is 2.36. The molecule has 0 bridgehead atoms. The number of benzene rings is 3. The molecule has 1 saturated heterocycles. The van der Waals surface area contributed by atoms with Crippen LogP contribution in [0.5, 0.6) is 5.75 Å². The molecule has 1 atom stereocenters. The molecule has 0 aliphatic carbocycles. The van der Waals surface area contributed by atoms with Crippen molar-refractivity contribution in [2.24, 2.45) is 0 Å². The minimum Gasteiger partial charge on any atom is -0.496 e. The van der Waals surface area contributed by atoms with Gasteiger partial charge < -0.3 is 14.6 Å². The van der Waals surface area contributed by atoms with Gasteiger partial charge in [-0.1, -0.05) is 60.1 Å². The number of rotatable bonds is 6. The first-order valence-corrected chi connectivity index (χ1v) is 13.6. The van der Waals surface area contributed by atoms with Crippen molar-refractivity contribution in [1.82, 2.24) is 15.4 Å². The van der Waals surface area contributed by atoms with Crippen molar-refractivity contribution < 1.29 is 14.4 Å². The predicted octanol–water partition coefficient (Wildman–Crippen LogP) is 3.96. The van der Waals surface area contributed by atoms with Crippen LogP contribution in [0.15, 0.2) is 83.7 Å². The van der Waals surface area contributed by atoms with E-state index in [2.05, 4.69) is 10.4 Å². The number of H-pyrrole nitrogens is 1. The van der Waals surface area contributed by atoms with Crippen molar-refractivity contribution >= 4 is 34.1 Å². The van der Waals surface area contributed by atoms with E-state index in [4.69, 9.17) is 16.3 Å². The fraction of sp³-hybridized carbons (Fsp3) is 0.226. The Labute approximate surface area is 231 Å². The number of likely N-dealkylation sites (tertiary alicyclic amines) is 1. The number of hydrogen-bond donors (Lipinski definition) is 3. The number of aromatic nitrogens is 1. The number of quaternary nitrogens is 1. The number of ether oxygens (including phenoxy) is 1. The molecule has 1 fully saturated rings. The molecule has 2 aliphatic heterocycles. The minimum atomic E-state index is -0.455. The third-order valence-corrected chi connectivity index (χ3v) is 7.82. The van der Waals surface area contributed by atoms with Crippen LogP contribution in [-0.2, 0) is 4.79 Å². The molecule has 1 amide bonds. The lowest BCUT2D eigenvalue weighted by Gasteiger charge is -2.27. The van der Waals surface area contributed by atoms with Gasteiger partial charge in [0.15, 0.2) is 6.54 Å². The van der Waals surface area contributed by atoms with Crippen LogP contribution >= 0.6 is 11.6 Å². The van der Waals surface area contributed by atoms with Crippen LogP contribution in [0, 0.1) is 0 Å². The fourth-order valence-corrected chi connectivity index (χ4v) is 5.92. The SMILES string of the molecule is COc1ccccc1[C@H]1C=C(c2c(-c3ccccc3)c3cc(Cl)ccc3[nH]c2=O)NN1C(=O)C[NH+]1CCCC1. The summed E-state index contributed by atoms with van der Waals surface area (Å²) >= 11 is 6.42. The van der Waals surface area contributed by atoms with E-state index < -0.39 is 6.04 Å². The van der Waals surface area contributed by atoms with Crippen LogP contribution in [0.1, 0.15) is 30.0 Å². The average molecular weight is 542 g/mol. The van der Waals surface area contributed by atoms with E-state index >= 15 is 0 Å². The fourth-order valence-electron chi connectivity index (χ4n) is 5.74. The van der Waals surface area contributed by atoms with Crippen LogP contribution < -0.4 is 20.6 Å². The Morgan fingerprint density at radius 1 is 1.03 bits per heavy atom. The Kier molecular flexibility index (Phi) is 6.85. The summed E-state index contributed by atoms with van der Waals surface area (Å²) in [4.78, 5) is 31.7. The molecule has 8 heteroatoms. The molecule has 1 aromatic heterocycles. The molecule has 3 N–H and O–H groups in total. The van der Waals surface area contributed by atoms with Crippen molar-refractivity contribution in [3.63, 3.8) is 0 Å². The third kappa shape index (κ3) is 4.80. The number of hydrogen-bond acceptors (Lipinski definition) is 4. The molecule has 6 rings (SSSR count). The number of nitrogens with zero attached hydrogens (tertiary/aromatic N) is 1. The number of carbonyl (C=O) groups is 1. The average Bonchev–Trinajstić information content (AvgIpc) is 3.63. The van der Waals surface area contributed by atoms with Gasteiger partial charge in [-0.3, -0.25) is 15.0 Å². The predicted molar refractivity (Wildman–Crippen MR) is 154 cm³/mol. The van der Waals surface area contributed by atoms with Crippen LogP contribution in [0.2, 0.25) is 5.02 Å². The zero-order valence-corrected chi connectivity index (χ0v) is 22.4. The Hall–Kier alpha value is -4.07. The van der Waals surface area contributed by atoms with Crippen molar-refractivity contribution in [1.29, 1.82) is 0 Å². The normalized spacial score (nSPS) is 17.3. The summed E-state index contributed by atoms with van der Waals surface area (Å²) in [6.45, 7) is 2.36. The smallest absolute Gasteiger partial charge is 0.296 e. The number of para-hydroxylation sites is 1. The van der Waals surface area contributed by atoms with Gasteiger partial charge in [-0.15, -0.1) is 0 Å². The molecule has 39 heavy (non-hydrogen) atoms. The van der Waals surface area contributed by atoms with Crippen LogP contribution in [0.4, 0.5) is 0 Å². The number of carbonyl (C=O) groups excluding carboxylic acids is 1. The van der Waals surface area contributed by atoms with E-state index in [9.17, 15) is 9.59 Å². The molecule has 7 nitrogen and oxygen atoms in total. The second kappa shape index (κ2) is 10.6. The molecule has 3 aromatic carbocycles. The van der Waals surface area contributed by atoms with E-state index in [-0.39, 0.29) is 11.5 Å². The van der Waals surface area contributed by atoms with Crippen molar-refractivity contribution in [3.05, 3.63) is 105 Å². The highest BCUT2D eigenvalue weighted by molar-refractivity contribution is 6.31. The summed E-state index contributed by atoms with van der Waals surface area (Å²) in [5.74, 6) is 0.645. The number of nitrogens with one attached hydrogen (secondary N) is 3. The van der Waals surface area contributed by atoms with Gasteiger partial charge in [-0.2, -0.15) is 0 Å². The maximum atomic E-state index is 13.7. The molecule has 198 valence electrons. The first kappa shape index (κ1) is 25.2. The van der Waals surface area contributed by atoms with E-state index in [0.717, 1.165) is 48.0 Å². The number of pyridine rings is 1. The molecule has 0 spiro atoms. The molecule has 0 unspecified atom stereocenters. The molecule has 3 heterocycles. The monoisotopic (exact) mass is 541 g/mol. The van der Waals surface area contributed by atoms with E-state index in [1.807, 2.05) is 72.8 Å². The van der Waals surface area contributed by atoms with Gasteiger partial charge in [0.1, 0.15) is 11.8 Å². The van der Waals surface area contributed by atoms with Gasteiger partial charge in [-0.25, -0.2) is 5.01 Å². The number of aromatic amines is 1. The maximum Gasteiger partial charge on any atom is 0.296 e. The largest absolute Gasteiger partial charge is 0.496 e. The van der Waals surface area contributed by atoms with Crippen molar-refractivity contribution in [3.8, 4) is 16.9 Å². The zero-order chi connectivity index (χ0) is 26.9. The second-order valence-corrected chi connectivity index (χ2v) is 10.5. The highest BCUT2D eigenvalue weighted by Crippen LogP contribution is 2.39. The van der Waals surface area contributed by atoms with Crippen LogP contribution in [0.3, 0.4) is 0 Å². The summed E-state index contributed by atoms with van der Waals surface area (Å²) in [6, 6.07) is 22.5. The number of methoxy groups -OCH3 is 1. The zero-order valence-electron chi connectivity index (χ0n) is 21.7. The summed E-state index contributed by atoms with van der Waals surface area (Å²) in [5.41, 5.74) is 7.28. The first-order valence-electron chi connectivity index (χ1n) is 13.2. The Morgan fingerprint density at radius 3 is 2.54 bits per heavy atom. The second-order valence-electron chi connectivity index (χ2n) is 10.0. The summed E-state index contributed by atoms with van der Waals surface area (Å²) in [6.07, 6.45) is 4.21. The molecule has 0 radical (unpaired) electrons. The lowest BCUT2D eigenvalue weighted by Crippen LogP contribution is -3.11. The topological polar surface area (TPSA) is 78.9 Å².